The van der Waals surface area contributed by atoms with Crippen molar-refractivity contribution in [2.24, 2.45) is 0 Å². The topological polar surface area (TPSA) is 90.5 Å². The maximum Gasteiger partial charge on any atom is 0.167 e. The molecule has 9 aromatic rings. The van der Waals surface area contributed by atoms with E-state index >= 15 is 4.39 Å². The van der Waals surface area contributed by atoms with Crippen LogP contribution in [0.4, 0.5) is 4.39 Å². The second-order valence-electron chi connectivity index (χ2n) is 11.7. The van der Waals surface area contributed by atoms with Gasteiger partial charge in [-0.1, -0.05) is 115 Å². The molecular formula is C42H25FN6O. The predicted molar refractivity (Wildman–Crippen MR) is 193 cm³/mol. The van der Waals surface area contributed by atoms with Crippen LogP contribution in [0, 0.1) is 5.82 Å². The molecule has 0 fully saturated rings. The van der Waals surface area contributed by atoms with E-state index in [1.54, 1.807) is 12.1 Å². The molecule has 0 radical (unpaired) electrons. The summed E-state index contributed by atoms with van der Waals surface area (Å²) in [7, 11) is 0. The van der Waals surface area contributed by atoms with Crippen molar-refractivity contribution in [1.29, 1.82) is 0 Å². The van der Waals surface area contributed by atoms with Crippen molar-refractivity contribution in [2.75, 3.05) is 0 Å². The fraction of sp³-hybridized carbons (Fsp3) is 0. The summed E-state index contributed by atoms with van der Waals surface area (Å²) in [6.07, 6.45) is 0. The molecule has 0 saturated heterocycles. The summed E-state index contributed by atoms with van der Waals surface area (Å²) in [5, 5.41) is 2.05. The van der Waals surface area contributed by atoms with E-state index in [-0.39, 0.29) is 11.4 Å². The molecule has 3 heterocycles. The van der Waals surface area contributed by atoms with Gasteiger partial charge in [-0.15, -0.1) is 0 Å². The Morgan fingerprint density at radius 3 is 1.32 bits per heavy atom. The van der Waals surface area contributed by atoms with Crippen LogP contribution < -0.4 is 0 Å². The molecule has 3 aromatic heterocycles. The number of aromatic nitrogens is 6. The first kappa shape index (κ1) is 29.2. The molecule has 0 aliphatic rings. The SMILES string of the molecule is Fc1ccc(-c2nc(-c3ccccc3)nc(-c3ccc4c(c3)oc3ccccc34)n2)cc1-c1nc(-c2ccccc2)nc(-c2ccccc2)n1. The second-order valence-corrected chi connectivity index (χ2v) is 11.7. The van der Waals surface area contributed by atoms with Crippen LogP contribution in [0.25, 0.3) is 90.3 Å². The largest absolute Gasteiger partial charge is 0.456 e. The minimum absolute atomic E-state index is 0.199. The summed E-state index contributed by atoms with van der Waals surface area (Å²) >= 11 is 0. The zero-order valence-corrected chi connectivity index (χ0v) is 26.4. The number of furan rings is 1. The number of fused-ring (bicyclic) bond motifs is 3. The average Bonchev–Trinajstić information content (AvgIpc) is 3.57. The van der Waals surface area contributed by atoms with E-state index < -0.39 is 5.82 Å². The first-order valence-electron chi connectivity index (χ1n) is 16.1. The molecule has 0 bridgehead atoms. The fourth-order valence-electron chi connectivity index (χ4n) is 5.98. The van der Waals surface area contributed by atoms with Crippen molar-refractivity contribution in [1.82, 2.24) is 29.9 Å². The molecule has 7 nitrogen and oxygen atoms in total. The van der Waals surface area contributed by atoms with Crippen LogP contribution in [0.3, 0.4) is 0 Å². The summed E-state index contributed by atoms with van der Waals surface area (Å²) < 4.78 is 22.0. The number of halogens is 1. The van der Waals surface area contributed by atoms with E-state index in [0.717, 1.165) is 44.2 Å². The minimum Gasteiger partial charge on any atom is -0.456 e. The van der Waals surface area contributed by atoms with Crippen LogP contribution >= 0.6 is 0 Å². The molecule has 0 aliphatic carbocycles. The maximum absolute atomic E-state index is 15.8. The second kappa shape index (κ2) is 12.3. The zero-order chi connectivity index (χ0) is 33.4. The lowest BCUT2D eigenvalue weighted by Gasteiger charge is -2.11. The molecule has 0 saturated carbocycles. The third kappa shape index (κ3) is 5.44. The Morgan fingerprint density at radius 2 is 0.760 bits per heavy atom. The van der Waals surface area contributed by atoms with Gasteiger partial charge in [0, 0.05) is 38.6 Å². The highest BCUT2D eigenvalue weighted by Crippen LogP contribution is 2.34. The Balaban J connectivity index is 1.20. The maximum atomic E-state index is 15.8. The van der Waals surface area contributed by atoms with Crippen LogP contribution in [-0.4, -0.2) is 29.9 Å². The van der Waals surface area contributed by atoms with Gasteiger partial charge in [0.05, 0.1) is 5.56 Å². The van der Waals surface area contributed by atoms with Crippen molar-refractivity contribution < 1.29 is 8.81 Å². The van der Waals surface area contributed by atoms with Gasteiger partial charge in [0.1, 0.15) is 17.0 Å². The van der Waals surface area contributed by atoms with Crippen molar-refractivity contribution in [3.05, 3.63) is 157 Å². The van der Waals surface area contributed by atoms with Gasteiger partial charge in [-0.2, -0.15) is 0 Å². The van der Waals surface area contributed by atoms with Crippen molar-refractivity contribution in [3.63, 3.8) is 0 Å². The number of benzene rings is 6. The third-order valence-electron chi connectivity index (χ3n) is 8.47. The minimum atomic E-state index is -0.481. The molecule has 0 atom stereocenters. The zero-order valence-electron chi connectivity index (χ0n) is 26.4. The summed E-state index contributed by atoms with van der Waals surface area (Å²) in [4.78, 5) is 28.9. The van der Waals surface area contributed by atoms with E-state index in [9.17, 15) is 0 Å². The van der Waals surface area contributed by atoms with Crippen LogP contribution in [0.2, 0.25) is 0 Å². The van der Waals surface area contributed by atoms with Gasteiger partial charge in [-0.3, -0.25) is 0 Å². The van der Waals surface area contributed by atoms with Gasteiger partial charge in [0.15, 0.2) is 34.9 Å². The monoisotopic (exact) mass is 648 g/mol. The molecule has 0 amide bonds. The Labute approximate surface area is 285 Å². The van der Waals surface area contributed by atoms with Crippen LogP contribution in [0.1, 0.15) is 0 Å². The molecule has 0 unspecified atom stereocenters. The lowest BCUT2D eigenvalue weighted by Crippen LogP contribution is -2.03. The quantitative estimate of drug-likeness (QED) is 0.177. The highest BCUT2D eigenvalue weighted by Gasteiger charge is 2.19. The van der Waals surface area contributed by atoms with Gasteiger partial charge in [0.2, 0.25) is 0 Å². The Hall–Kier alpha value is -6.93. The molecule has 50 heavy (non-hydrogen) atoms. The smallest absolute Gasteiger partial charge is 0.167 e. The van der Waals surface area contributed by atoms with Gasteiger partial charge >= 0.3 is 0 Å². The van der Waals surface area contributed by atoms with E-state index in [4.69, 9.17) is 34.3 Å². The van der Waals surface area contributed by atoms with Crippen LogP contribution in [0.15, 0.2) is 156 Å². The number of rotatable bonds is 6. The van der Waals surface area contributed by atoms with E-state index in [1.165, 1.54) is 6.07 Å². The first-order valence-corrected chi connectivity index (χ1v) is 16.1. The molecule has 0 N–H and O–H groups in total. The molecule has 0 aliphatic heterocycles. The Morgan fingerprint density at radius 1 is 0.340 bits per heavy atom. The molecule has 8 heteroatoms. The summed E-state index contributed by atoms with van der Waals surface area (Å²) in [6.45, 7) is 0. The van der Waals surface area contributed by atoms with E-state index in [0.29, 0.717) is 34.7 Å². The normalized spacial score (nSPS) is 11.3. The van der Waals surface area contributed by atoms with Gasteiger partial charge in [-0.05, 0) is 36.4 Å². The summed E-state index contributed by atoms with van der Waals surface area (Å²) in [5.74, 6) is 1.92. The number of para-hydroxylation sites is 1. The number of nitrogens with zero attached hydrogens (tertiary/aromatic N) is 6. The van der Waals surface area contributed by atoms with Crippen molar-refractivity contribution in [3.8, 4) is 68.3 Å². The Bertz CT molecular complexity index is 2610. The van der Waals surface area contributed by atoms with Crippen LogP contribution in [0.5, 0.6) is 0 Å². The fourth-order valence-corrected chi connectivity index (χ4v) is 5.98. The Kier molecular flexibility index (Phi) is 7.17. The molecule has 236 valence electrons. The van der Waals surface area contributed by atoms with Crippen molar-refractivity contribution in [2.45, 2.75) is 0 Å². The van der Waals surface area contributed by atoms with E-state index in [2.05, 4.69) is 0 Å². The predicted octanol–water partition coefficient (Wildman–Crippen LogP) is 10.1. The van der Waals surface area contributed by atoms with E-state index in [1.807, 2.05) is 133 Å². The lowest BCUT2D eigenvalue weighted by atomic mass is 10.1. The van der Waals surface area contributed by atoms with Crippen LogP contribution in [-0.2, 0) is 0 Å². The summed E-state index contributed by atoms with van der Waals surface area (Å²) in [6, 6.07) is 47.5. The van der Waals surface area contributed by atoms with Gasteiger partial charge in [0.25, 0.3) is 0 Å². The standard InChI is InChI=1S/C42H25FN6O/c43-34-23-21-29(24-33(34)42-48-38(27-14-6-2-7-15-27)44-39(49-42)28-16-8-3-9-17-28)40-45-37(26-12-4-1-5-13-26)46-41(47-40)30-20-22-32-31-18-10-11-19-35(31)50-36(32)25-30/h1-25H. The van der Waals surface area contributed by atoms with Crippen molar-refractivity contribution >= 4 is 21.9 Å². The summed E-state index contributed by atoms with van der Waals surface area (Å²) in [5.41, 5.74) is 5.49. The molecular weight excluding hydrogens is 624 g/mol. The molecule has 9 rings (SSSR count). The average molecular weight is 649 g/mol. The molecule has 6 aromatic carbocycles. The van der Waals surface area contributed by atoms with Gasteiger partial charge < -0.3 is 4.42 Å². The number of hydrogen-bond acceptors (Lipinski definition) is 7. The lowest BCUT2D eigenvalue weighted by molar-refractivity contribution is 0.630. The van der Waals surface area contributed by atoms with Gasteiger partial charge in [-0.25, -0.2) is 34.3 Å². The third-order valence-corrected chi connectivity index (χ3v) is 8.47. The highest BCUT2D eigenvalue weighted by atomic mass is 19.1. The number of hydrogen-bond donors (Lipinski definition) is 0. The highest BCUT2D eigenvalue weighted by molar-refractivity contribution is 6.05. The first-order chi connectivity index (χ1) is 24.7. The molecule has 0 spiro atoms.